The molecular formula is C42H59ClN8O9S. The molecule has 1 aliphatic heterocycles. The number of rotatable bonds is 20. The summed E-state index contributed by atoms with van der Waals surface area (Å²) < 4.78 is 35.8. The molecule has 3 rings (SSSR count). The summed E-state index contributed by atoms with van der Waals surface area (Å²) in [5, 5.41) is 20.0. The molecule has 2 aromatic carbocycles. The van der Waals surface area contributed by atoms with Gasteiger partial charge in [0, 0.05) is 37.1 Å². The summed E-state index contributed by atoms with van der Waals surface area (Å²) in [4.78, 5) is 72.0. The normalized spacial score (nSPS) is 15.7. The number of aliphatic imine (C=N–C) groups is 1. The molecule has 1 aliphatic rings. The van der Waals surface area contributed by atoms with Gasteiger partial charge in [0.15, 0.2) is 0 Å². The first-order valence-corrected chi connectivity index (χ1v) is 21.6. The third-order valence-electron chi connectivity index (χ3n) is 10.3. The number of sulfonamides is 1. The van der Waals surface area contributed by atoms with Crippen LogP contribution in [0.1, 0.15) is 87.2 Å². The summed E-state index contributed by atoms with van der Waals surface area (Å²) in [6, 6.07) is 2.64. The quantitative estimate of drug-likeness (QED) is 0.0438. The fourth-order valence-electron chi connectivity index (χ4n) is 6.99. The van der Waals surface area contributed by atoms with E-state index in [-0.39, 0.29) is 43.7 Å². The van der Waals surface area contributed by atoms with Gasteiger partial charge >= 0.3 is 6.09 Å². The van der Waals surface area contributed by atoms with Crippen LogP contribution < -0.4 is 36.5 Å². The Balaban J connectivity index is 1.85. The van der Waals surface area contributed by atoms with Crippen molar-refractivity contribution in [1.29, 1.82) is 0 Å². The largest absolute Gasteiger partial charge is 0.487 e. The third kappa shape index (κ3) is 12.7. The minimum absolute atomic E-state index is 0.0690. The molecule has 5 amide bonds. The fourth-order valence-corrected chi connectivity index (χ4v) is 8.64. The Labute approximate surface area is 363 Å². The van der Waals surface area contributed by atoms with Gasteiger partial charge in [-0.3, -0.25) is 24.2 Å². The third-order valence-corrected chi connectivity index (χ3v) is 12.2. The lowest BCUT2D eigenvalue weighted by atomic mass is 9.94. The average molecular weight is 888 g/mol. The number of carbonyl (C=O) groups excluding carboxylic acids is 4. The van der Waals surface area contributed by atoms with Crippen LogP contribution in [0.25, 0.3) is 0 Å². The minimum Gasteiger partial charge on any atom is -0.487 e. The Morgan fingerprint density at radius 3 is 2.21 bits per heavy atom. The zero-order valence-electron chi connectivity index (χ0n) is 36.0. The lowest BCUT2D eigenvalue weighted by Crippen LogP contribution is -2.61. The first kappa shape index (κ1) is 49.7. The number of nitrogens with zero attached hydrogens (tertiary/aromatic N) is 2. The van der Waals surface area contributed by atoms with Gasteiger partial charge < -0.3 is 41.7 Å². The standard InChI is InChI=1S/C42H59ClN8O9S/c1-11-20-42(9,49-40(56)57)38(55)47-31(36(53)46-30(13-3)35(52)48-32(37(54)51(10)22-12-2)27-16-18-28(43)19-17-27)15-14-21-45-39(44)50-61(58,59)34-25(5)24(4)33-29(26(34)6)23-41(7,8)60-33/h11-12,16-19,30-32,49H,1-2,13-15,20-23H2,3-10H3,(H,46,53)(H,47,55)(H,48,52)(H,56,57)(H3,44,45,50)/t30-,31-,32+,42+/m0/s1. The van der Waals surface area contributed by atoms with Gasteiger partial charge in [-0.2, -0.15) is 0 Å². The maximum Gasteiger partial charge on any atom is 0.405 e. The van der Waals surface area contributed by atoms with E-state index in [0.29, 0.717) is 39.4 Å². The highest BCUT2D eigenvalue weighted by molar-refractivity contribution is 7.90. The zero-order chi connectivity index (χ0) is 46.0. The Morgan fingerprint density at radius 1 is 1.02 bits per heavy atom. The smallest absolute Gasteiger partial charge is 0.405 e. The van der Waals surface area contributed by atoms with Gasteiger partial charge in [0.05, 0.1) is 4.90 Å². The molecule has 0 spiro atoms. The van der Waals surface area contributed by atoms with Crippen molar-refractivity contribution in [1.82, 2.24) is 30.9 Å². The van der Waals surface area contributed by atoms with Crippen LogP contribution in [0.4, 0.5) is 4.79 Å². The van der Waals surface area contributed by atoms with Gasteiger partial charge in [-0.15, -0.1) is 13.2 Å². The van der Waals surface area contributed by atoms with E-state index in [1.807, 2.05) is 13.8 Å². The molecule has 0 aliphatic carbocycles. The van der Waals surface area contributed by atoms with Crippen LogP contribution in [-0.4, -0.2) is 97.5 Å². The van der Waals surface area contributed by atoms with Gasteiger partial charge in [0.25, 0.3) is 10.0 Å². The first-order chi connectivity index (χ1) is 28.4. The molecule has 0 radical (unpaired) electrons. The number of likely N-dealkylation sites (N-methyl/N-ethyl adjacent to an activating group) is 1. The fraction of sp³-hybridized carbons (Fsp3) is 0.476. The summed E-state index contributed by atoms with van der Waals surface area (Å²) in [6.45, 7) is 19.4. The van der Waals surface area contributed by atoms with Crippen LogP contribution in [-0.2, 0) is 35.6 Å². The van der Waals surface area contributed by atoms with E-state index in [9.17, 15) is 37.5 Å². The number of benzene rings is 2. The second-order valence-corrected chi connectivity index (χ2v) is 17.9. The summed E-state index contributed by atoms with van der Waals surface area (Å²) in [7, 11) is -2.65. The summed E-state index contributed by atoms with van der Waals surface area (Å²) in [5.41, 5.74) is 6.83. The summed E-state index contributed by atoms with van der Waals surface area (Å²) in [5.74, 6) is -2.55. The molecule has 334 valence electrons. The SMILES string of the molecule is C=CCN(C)C(=O)[C@H](NC(=O)[C@H](CC)NC(=O)[C@H](CCCN=C(N)NS(=O)(=O)c1c(C)c(C)c2c(c1C)CC(C)(C)O2)NC(=O)[C@@](C)(CC=C)NC(=O)O)c1ccc(Cl)cc1. The van der Waals surface area contributed by atoms with E-state index in [0.717, 1.165) is 5.56 Å². The van der Waals surface area contributed by atoms with Crippen molar-refractivity contribution < 1.29 is 42.2 Å². The molecule has 0 saturated heterocycles. The molecule has 4 atom stereocenters. The second-order valence-electron chi connectivity index (χ2n) is 15.8. The molecule has 0 fully saturated rings. The molecule has 0 saturated carbocycles. The molecule has 0 aromatic heterocycles. The lowest BCUT2D eigenvalue weighted by Gasteiger charge is -2.30. The number of amides is 5. The van der Waals surface area contributed by atoms with Gasteiger partial charge in [0.1, 0.15) is 35.0 Å². The van der Waals surface area contributed by atoms with Crippen molar-refractivity contribution in [2.24, 2.45) is 10.7 Å². The summed E-state index contributed by atoms with van der Waals surface area (Å²) >= 11 is 6.07. The molecular weight excluding hydrogens is 828 g/mol. The predicted octanol–water partition coefficient (Wildman–Crippen LogP) is 3.84. The topological polar surface area (TPSA) is 251 Å². The average Bonchev–Trinajstić information content (AvgIpc) is 3.51. The molecule has 2 aromatic rings. The van der Waals surface area contributed by atoms with Crippen molar-refractivity contribution in [2.45, 2.75) is 115 Å². The molecule has 17 nitrogen and oxygen atoms in total. The number of halogens is 1. The van der Waals surface area contributed by atoms with E-state index in [4.69, 9.17) is 22.1 Å². The minimum atomic E-state index is -4.20. The maximum absolute atomic E-state index is 13.9. The number of nitrogens with two attached hydrogens (primary N) is 1. The van der Waals surface area contributed by atoms with E-state index in [2.05, 4.69) is 44.1 Å². The van der Waals surface area contributed by atoms with E-state index in [1.54, 1.807) is 59.0 Å². The number of ether oxygens (including phenoxy) is 1. The van der Waals surface area contributed by atoms with Crippen molar-refractivity contribution >= 4 is 57.3 Å². The Morgan fingerprint density at radius 2 is 1.64 bits per heavy atom. The van der Waals surface area contributed by atoms with Crippen molar-refractivity contribution in [3.63, 3.8) is 0 Å². The predicted molar refractivity (Wildman–Crippen MR) is 234 cm³/mol. The highest BCUT2D eigenvalue weighted by atomic mass is 35.5. The zero-order valence-corrected chi connectivity index (χ0v) is 37.6. The number of guanidine groups is 1. The van der Waals surface area contributed by atoms with Gasteiger partial charge in [0.2, 0.25) is 29.6 Å². The monoisotopic (exact) mass is 886 g/mol. The van der Waals surface area contributed by atoms with Crippen LogP contribution in [0, 0.1) is 20.8 Å². The number of hydrogen-bond acceptors (Lipinski definition) is 9. The lowest BCUT2D eigenvalue weighted by molar-refractivity contribution is -0.137. The van der Waals surface area contributed by atoms with Crippen LogP contribution in [0.2, 0.25) is 5.02 Å². The summed E-state index contributed by atoms with van der Waals surface area (Å²) in [6.07, 6.45) is 1.81. The van der Waals surface area contributed by atoms with E-state index >= 15 is 0 Å². The first-order valence-electron chi connectivity index (χ1n) is 19.7. The van der Waals surface area contributed by atoms with Gasteiger partial charge in [-0.1, -0.05) is 42.8 Å². The van der Waals surface area contributed by atoms with E-state index < -0.39 is 75.0 Å². The Hall–Kier alpha value is -5.62. The highest BCUT2D eigenvalue weighted by Crippen LogP contribution is 2.43. The molecule has 61 heavy (non-hydrogen) atoms. The van der Waals surface area contributed by atoms with Crippen LogP contribution in [0.3, 0.4) is 0 Å². The molecule has 0 bridgehead atoms. The molecule has 19 heteroatoms. The van der Waals surface area contributed by atoms with Crippen LogP contribution >= 0.6 is 11.6 Å². The maximum atomic E-state index is 13.9. The van der Waals surface area contributed by atoms with Crippen LogP contribution in [0.5, 0.6) is 5.75 Å². The number of fused-ring (bicyclic) bond motifs is 1. The van der Waals surface area contributed by atoms with Crippen molar-refractivity contribution in [3.05, 3.63) is 82.4 Å². The molecule has 0 unspecified atom stereocenters. The highest BCUT2D eigenvalue weighted by Gasteiger charge is 2.39. The molecule has 1 heterocycles. The number of carbonyl (C=O) groups is 5. The van der Waals surface area contributed by atoms with Gasteiger partial charge in [-0.05, 0) is 102 Å². The van der Waals surface area contributed by atoms with Gasteiger partial charge in [-0.25, -0.2) is 17.9 Å². The number of nitrogens with one attached hydrogen (secondary N) is 5. The van der Waals surface area contributed by atoms with Crippen molar-refractivity contribution in [2.75, 3.05) is 20.1 Å². The Bertz CT molecular complexity index is 2160. The van der Waals surface area contributed by atoms with Crippen molar-refractivity contribution in [3.8, 4) is 5.75 Å². The van der Waals surface area contributed by atoms with E-state index in [1.165, 1.54) is 24.0 Å². The second kappa shape index (κ2) is 20.8. The van der Waals surface area contributed by atoms with Crippen LogP contribution in [0.15, 0.2) is 59.5 Å². The number of hydrogen-bond donors (Lipinski definition) is 7. The Kier molecular flexibility index (Phi) is 16.9. The molecule has 8 N–H and O–H groups in total. The number of carboxylic acid groups (broad SMARTS) is 1.